The molecule has 0 spiro atoms. The summed E-state index contributed by atoms with van der Waals surface area (Å²) in [6.07, 6.45) is 0. The number of hydrogen-bond acceptors (Lipinski definition) is 3. The maximum Gasteiger partial charge on any atom is 0.0991 e. The molecule has 40 heavy (non-hydrogen) atoms. The van der Waals surface area contributed by atoms with Gasteiger partial charge in [-0.05, 0) is 88.0 Å². The van der Waals surface area contributed by atoms with Gasteiger partial charge in [0.15, 0.2) is 0 Å². The SMILES string of the molecule is N#Cc1ccc(-c2cc(-c3ccc4c(c3)sc3ccccc34)cc(-c3cccc4sc5ccccc5c34)c2)cc1. The minimum atomic E-state index is 0.671. The third-order valence-corrected chi connectivity index (χ3v) is 9.98. The van der Waals surface area contributed by atoms with Crippen molar-refractivity contribution in [1.82, 2.24) is 0 Å². The van der Waals surface area contributed by atoms with Gasteiger partial charge in [-0.15, -0.1) is 22.7 Å². The van der Waals surface area contributed by atoms with Crippen molar-refractivity contribution in [3.05, 3.63) is 133 Å². The molecule has 6 aromatic carbocycles. The molecule has 0 bridgehead atoms. The van der Waals surface area contributed by atoms with E-state index in [4.69, 9.17) is 0 Å². The Labute approximate surface area is 239 Å². The summed E-state index contributed by atoms with van der Waals surface area (Å²) in [7, 11) is 0. The largest absolute Gasteiger partial charge is 0.192 e. The van der Waals surface area contributed by atoms with Crippen molar-refractivity contribution in [3.63, 3.8) is 0 Å². The molecule has 0 radical (unpaired) electrons. The summed E-state index contributed by atoms with van der Waals surface area (Å²) in [5.74, 6) is 0. The lowest BCUT2D eigenvalue weighted by Crippen LogP contribution is -1.87. The molecule has 0 aliphatic rings. The van der Waals surface area contributed by atoms with Gasteiger partial charge in [-0.2, -0.15) is 5.26 Å². The fraction of sp³-hybridized carbons (Fsp3) is 0. The zero-order valence-electron chi connectivity index (χ0n) is 21.4. The molecule has 0 saturated carbocycles. The van der Waals surface area contributed by atoms with Gasteiger partial charge in [-0.25, -0.2) is 0 Å². The van der Waals surface area contributed by atoms with Gasteiger partial charge in [0.25, 0.3) is 0 Å². The van der Waals surface area contributed by atoms with Crippen molar-refractivity contribution in [1.29, 1.82) is 5.26 Å². The first-order valence-electron chi connectivity index (χ1n) is 13.2. The summed E-state index contributed by atoms with van der Waals surface area (Å²) in [4.78, 5) is 0. The first kappa shape index (κ1) is 23.2. The highest BCUT2D eigenvalue weighted by molar-refractivity contribution is 7.26. The van der Waals surface area contributed by atoms with Crippen LogP contribution >= 0.6 is 22.7 Å². The quantitative estimate of drug-likeness (QED) is 0.217. The monoisotopic (exact) mass is 543 g/mol. The van der Waals surface area contributed by atoms with E-state index in [1.807, 2.05) is 34.8 Å². The number of nitrogens with zero attached hydrogens (tertiary/aromatic N) is 1. The van der Waals surface area contributed by atoms with E-state index in [0.29, 0.717) is 5.56 Å². The maximum atomic E-state index is 9.34. The van der Waals surface area contributed by atoms with Crippen molar-refractivity contribution in [3.8, 4) is 39.4 Å². The summed E-state index contributed by atoms with van der Waals surface area (Å²) in [6.45, 7) is 0. The van der Waals surface area contributed by atoms with E-state index in [-0.39, 0.29) is 0 Å². The van der Waals surface area contributed by atoms with E-state index in [2.05, 4.69) is 121 Å². The highest BCUT2D eigenvalue weighted by Gasteiger charge is 2.14. The third kappa shape index (κ3) is 3.73. The standard InChI is InChI=1S/C37H21NS2/c38-22-23-12-14-24(15-13-23)26-18-27(25-16-17-31-30-6-1-3-9-33(30)40-36(31)21-25)20-28(19-26)29-8-5-11-35-37(29)32-7-2-4-10-34(32)39-35/h1-21H. The second-order valence-electron chi connectivity index (χ2n) is 10.1. The number of rotatable bonds is 3. The smallest absolute Gasteiger partial charge is 0.0991 e. The first-order valence-corrected chi connectivity index (χ1v) is 14.9. The van der Waals surface area contributed by atoms with E-state index >= 15 is 0 Å². The van der Waals surface area contributed by atoms with Crippen molar-refractivity contribution in [2.75, 3.05) is 0 Å². The Morgan fingerprint density at radius 1 is 0.425 bits per heavy atom. The molecule has 2 aromatic heterocycles. The number of fused-ring (bicyclic) bond motifs is 6. The lowest BCUT2D eigenvalue weighted by Gasteiger charge is -2.13. The van der Waals surface area contributed by atoms with Gasteiger partial charge in [0, 0.05) is 40.3 Å². The Hall–Kier alpha value is -4.75. The first-order chi connectivity index (χ1) is 19.7. The van der Waals surface area contributed by atoms with E-state index in [9.17, 15) is 5.26 Å². The second-order valence-corrected chi connectivity index (χ2v) is 12.2. The van der Waals surface area contributed by atoms with Gasteiger partial charge < -0.3 is 0 Å². The molecule has 0 N–H and O–H groups in total. The Morgan fingerprint density at radius 2 is 1.02 bits per heavy atom. The third-order valence-electron chi connectivity index (χ3n) is 7.71. The van der Waals surface area contributed by atoms with Crippen LogP contribution in [0.5, 0.6) is 0 Å². The molecule has 0 aliphatic heterocycles. The molecule has 0 fully saturated rings. The van der Waals surface area contributed by atoms with Crippen LogP contribution < -0.4 is 0 Å². The Balaban J connectivity index is 1.38. The number of nitriles is 1. The molecular formula is C37H21NS2. The van der Waals surface area contributed by atoms with E-state index < -0.39 is 0 Å². The zero-order chi connectivity index (χ0) is 26.6. The van der Waals surface area contributed by atoms with Crippen LogP contribution in [0.1, 0.15) is 5.56 Å². The molecule has 2 heterocycles. The van der Waals surface area contributed by atoms with Crippen LogP contribution in [0.15, 0.2) is 127 Å². The highest BCUT2D eigenvalue weighted by atomic mass is 32.1. The van der Waals surface area contributed by atoms with Crippen LogP contribution in [-0.4, -0.2) is 0 Å². The van der Waals surface area contributed by atoms with Gasteiger partial charge >= 0.3 is 0 Å². The Morgan fingerprint density at radius 3 is 1.82 bits per heavy atom. The summed E-state index contributed by atoms with van der Waals surface area (Å²) in [6, 6.07) is 47.9. The molecule has 1 nitrogen and oxygen atoms in total. The molecule has 8 rings (SSSR count). The number of hydrogen-bond donors (Lipinski definition) is 0. The van der Waals surface area contributed by atoms with E-state index in [1.165, 1.54) is 62.6 Å². The normalized spacial score (nSPS) is 11.5. The van der Waals surface area contributed by atoms with Gasteiger partial charge in [-0.3, -0.25) is 0 Å². The zero-order valence-corrected chi connectivity index (χ0v) is 23.0. The lowest BCUT2D eigenvalue weighted by atomic mass is 9.91. The second kappa shape index (κ2) is 9.17. The average molecular weight is 544 g/mol. The van der Waals surface area contributed by atoms with Gasteiger partial charge in [0.1, 0.15) is 0 Å². The number of benzene rings is 6. The average Bonchev–Trinajstić information content (AvgIpc) is 3.59. The summed E-state index contributed by atoms with van der Waals surface area (Å²) in [5, 5.41) is 14.6. The van der Waals surface area contributed by atoms with Crippen molar-refractivity contribution < 1.29 is 0 Å². The van der Waals surface area contributed by atoms with Crippen LogP contribution in [0, 0.1) is 11.3 Å². The molecule has 8 aromatic rings. The Kier molecular flexibility index (Phi) is 5.31. The van der Waals surface area contributed by atoms with Gasteiger partial charge in [-0.1, -0.05) is 72.8 Å². The highest BCUT2D eigenvalue weighted by Crippen LogP contribution is 2.43. The fourth-order valence-electron chi connectivity index (χ4n) is 5.77. The molecular weight excluding hydrogens is 523 g/mol. The molecule has 0 amide bonds. The van der Waals surface area contributed by atoms with Crippen LogP contribution in [0.25, 0.3) is 73.7 Å². The number of thiophene rings is 2. The molecule has 0 aliphatic carbocycles. The van der Waals surface area contributed by atoms with Crippen LogP contribution in [0.3, 0.4) is 0 Å². The summed E-state index contributed by atoms with van der Waals surface area (Å²) < 4.78 is 5.23. The fourth-order valence-corrected chi connectivity index (χ4v) is 8.05. The van der Waals surface area contributed by atoms with Gasteiger partial charge in [0.05, 0.1) is 11.6 Å². The minimum Gasteiger partial charge on any atom is -0.192 e. The maximum absolute atomic E-state index is 9.34. The topological polar surface area (TPSA) is 23.8 Å². The lowest BCUT2D eigenvalue weighted by molar-refractivity contribution is 1.48. The summed E-state index contributed by atoms with van der Waals surface area (Å²) >= 11 is 3.70. The molecule has 3 heteroatoms. The van der Waals surface area contributed by atoms with E-state index in [1.54, 1.807) is 0 Å². The Bertz CT molecular complexity index is 2280. The minimum absolute atomic E-state index is 0.671. The molecule has 0 unspecified atom stereocenters. The van der Waals surface area contributed by atoms with Crippen molar-refractivity contribution >= 4 is 63.0 Å². The van der Waals surface area contributed by atoms with E-state index in [0.717, 1.165) is 11.1 Å². The van der Waals surface area contributed by atoms with Crippen molar-refractivity contribution in [2.24, 2.45) is 0 Å². The molecule has 186 valence electrons. The molecule has 0 atom stereocenters. The molecule has 0 saturated heterocycles. The van der Waals surface area contributed by atoms with Crippen LogP contribution in [0.4, 0.5) is 0 Å². The predicted octanol–water partition coefficient (Wildman–Crippen LogP) is 11.3. The van der Waals surface area contributed by atoms with Gasteiger partial charge in [0.2, 0.25) is 0 Å². The van der Waals surface area contributed by atoms with Crippen LogP contribution in [-0.2, 0) is 0 Å². The van der Waals surface area contributed by atoms with Crippen LogP contribution in [0.2, 0.25) is 0 Å². The summed E-state index contributed by atoms with van der Waals surface area (Å²) in [5.41, 5.74) is 7.75. The van der Waals surface area contributed by atoms with Crippen molar-refractivity contribution in [2.45, 2.75) is 0 Å². The predicted molar refractivity (Wildman–Crippen MR) is 173 cm³/mol.